The summed E-state index contributed by atoms with van der Waals surface area (Å²) in [7, 11) is 2.90. The van der Waals surface area contributed by atoms with Crippen molar-refractivity contribution in [2.24, 2.45) is 0 Å². The lowest BCUT2D eigenvalue weighted by atomic mass is 10.0. The second kappa shape index (κ2) is 7.20. The summed E-state index contributed by atoms with van der Waals surface area (Å²) in [5.74, 6) is -2.03. The van der Waals surface area contributed by atoms with Gasteiger partial charge in [-0.3, -0.25) is 9.59 Å². The van der Waals surface area contributed by atoms with Crippen LogP contribution in [-0.4, -0.2) is 37.0 Å². The first kappa shape index (κ1) is 17.9. The van der Waals surface area contributed by atoms with Crippen molar-refractivity contribution < 1.29 is 19.5 Å². The molecule has 0 unspecified atom stereocenters. The number of halogens is 3. The molecule has 1 aromatic rings. The Kier molecular flexibility index (Phi) is 6.43. The van der Waals surface area contributed by atoms with E-state index in [9.17, 15) is 19.5 Å². The number of benzene rings is 1. The maximum atomic E-state index is 12.0. The third-order valence-electron chi connectivity index (χ3n) is 2.44. The molecule has 0 aliphatic rings. The molecule has 0 saturated carbocycles. The lowest BCUT2D eigenvalue weighted by Gasteiger charge is -2.15. The van der Waals surface area contributed by atoms with Crippen molar-refractivity contribution in [2.75, 3.05) is 14.1 Å². The van der Waals surface area contributed by atoms with Gasteiger partial charge in [-0.05, 0) is 67.8 Å². The van der Waals surface area contributed by atoms with Crippen LogP contribution in [0.15, 0.2) is 0 Å². The summed E-state index contributed by atoms with van der Waals surface area (Å²) in [4.78, 5) is 35.3. The maximum absolute atomic E-state index is 12.0. The highest BCUT2D eigenvalue weighted by molar-refractivity contribution is 14.1. The summed E-state index contributed by atoms with van der Waals surface area (Å²) >= 11 is 5.52. The van der Waals surface area contributed by atoms with Crippen molar-refractivity contribution in [2.45, 2.75) is 0 Å². The minimum Gasteiger partial charge on any atom is -0.478 e. The van der Waals surface area contributed by atoms with Crippen LogP contribution in [0.5, 0.6) is 0 Å². The van der Waals surface area contributed by atoms with Crippen LogP contribution in [0.1, 0.15) is 31.1 Å². The highest BCUT2D eigenvalue weighted by atomic mass is 127. The lowest BCUT2D eigenvalue weighted by Crippen LogP contribution is -2.28. The predicted octanol–water partition coefficient (Wildman–Crippen LogP) is 1.92. The Bertz CT molecular complexity index is 573. The van der Waals surface area contributed by atoms with Gasteiger partial charge in [-0.1, -0.05) is 0 Å². The Morgan fingerprint density at radius 3 is 1.35 bits per heavy atom. The van der Waals surface area contributed by atoms with Crippen LogP contribution in [0.2, 0.25) is 0 Å². The van der Waals surface area contributed by atoms with E-state index in [-0.39, 0.29) is 16.7 Å². The van der Waals surface area contributed by atoms with E-state index in [0.717, 1.165) is 0 Å². The van der Waals surface area contributed by atoms with Crippen molar-refractivity contribution in [3.63, 3.8) is 0 Å². The molecule has 1 aromatic carbocycles. The molecule has 0 radical (unpaired) electrons. The number of aromatic carboxylic acids is 1. The Hall–Kier alpha value is -0.180. The highest BCUT2D eigenvalue weighted by Gasteiger charge is 2.29. The Balaban J connectivity index is 3.88. The Labute approximate surface area is 155 Å². The van der Waals surface area contributed by atoms with Gasteiger partial charge in [0.15, 0.2) is 0 Å². The van der Waals surface area contributed by atoms with Crippen molar-refractivity contribution in [1.29, 1.82) is 0 Å². The number of hydrogen-bond acceptors (Lipinski definition) is 3. The molecule has 1 rings (SSSR count). The Morgan fingerprint density at radius 1 is 0.800 bits per heavy atom. The third kappa shape index (κ3) is 3.18. The van der Waals surface area contributed by atoms with Crippen molar-refractivity contribution in [1.82, 2.24) is 10.6 Å². The summed E-state index contributed by atoms with van der Waals surface area (Å²) in [6, 6.07) is 0. The molecule has 20 heavy (non-hydrogen) atoms. The molecule has 9 heteroatoms. The van der Waals surface area contributed by atoms with Gasteiger partial charge in [-0.25, -0.2) is 4.79 Å². The fourth-order valence-electron chi connectivity index (χ4n) is 1.50. The van der Waals surface area contributed by atoms with Crippen LogP contribution in [0.4, 0.5) is 0 Å². The number of carboxylic acid groups (broad SMARTS) is 1. The number of nitrogens with one attached hydrogen (secondary N) is 2. The third-order valence-corrected chi connectivity index (χ3v) is 5.68. The smallest absolute Gasteiger partial charge is 0.337 e. The van der Waals surface area contributed by atoms with Gasteiger partial charge < -0.3 is 15.7 Å². The Morgan fingerprint density at radius 2 is 1.10 bits per heavy atom. The monoisotopic (exact) mass is 614 g/mol. The molecule has 3 N–H and O–H groups in total. The predicted molar refractivity (Wildman–Crippen MR) is 98.3 cm³/mol. The zero-order valence-corrected chi connectivity index (χ0v) is 16.8. The zero-order valence-electron chi connectivity index (χ0n) is 10.3. The number of hydrogen-bond donors (Lipinski definition) is 3. The van der Waals surface area contributed by atoms with Gasteiger partial charge in [0.2, 0.25) is 0 Å². The normalized spacial score (nSPS) is 10.1. The first-order chi connectivity index (χ1) is 9.27. The molecule has 0 heterocycles. The average molecular weight is 614 g/mol. The van der Waals surface area contributed by atoms with E-state index in [1.807, 2.05) is 67.8 Å². The summed E-state index contributed by atoms with van der Waals surface area (Å²) in [5, 5.41) is 14.2. The van der Waals surface area contributed by atoms with E-state index in [1.54, 1.807) is 0 Å². The van der Waals surface area contributed by atoms with Crippen LogP contribution in [0, 0.1) is 10.7 Å². The van der Waals surface area contributed by atoms with Gasteiger partial charge in [0, 0.05) is 24.8 Å². The minimum atomic E-state index is -1.18. The molecule has 0 aliphatic heterocycles. The van der Waals surface area contributed by atoms with Gasteiger partial charge in [0.1, 0.15) is 0 Å². The summed E-state index contributed by atoms with van der Waals surface area (Å²) in [5.41, 5.74) is 0.360. The maximum Gasteiger partial charge on any atom is 0.337 e. The highest BCUT2D eigenvalue weighted by Crippen LogP contribution is 2.32. The fraction of sp³-hybridized carbons (Fsp3) is 0.182. The molecule has 0 bridgehead atoms. The number of carbonyl (C=O) groups excluding carboxylic acids is 2. The van der Waals surface area contributed by atoms with Gasteiger partial charge >= 0.3 is 5.97 Å². The number of carboxylic acids is 1. The topological polar surface area (TPSA) is 95.5 Å². The van der Waals surface area contributed by atoms with Gasteiger partial charge in [-0.2, -0.15) is 0 Å². The van der Waals surface area contributed by atoms with Crippen LogP contribution in [0.25, 0.3) is 0 Å². The first-order valence-electron chi connectivity index (χ1n) is 5.15. The standard InChI is InChI=1S/C11H9I3N2O4/c1-15-9(17)3-6(12)4(10(18)16-2)8(14)5(7(3)13)11(19)20/h1-2H3,(H,15,17)(H,16,18)(H,19,20). The average Bonchev–Trinajstić information content (AvgIpc) is 2.37. The van der Waals surface area contributed by atoms with E-state index in [0.29, 0.717) is 10.7 Å². The molecule has 0 spiro atoms. The number of carbonyl (C=O) groups is 3. The molecule has 108 valence electrons. The lowest BCUT2D eigenvalue weighted by molar-refractivity contribution is 0.0694. The van der Waals surface area contributed by atoms with Crippen molar-refractivity contribution in [3.8, 4) is 0 Å². The van der Waals surface area contributed by atoms with Gasteiger partial charge in [0.05, 0.1) is 16.7 Å². The van der Waals surface area contributed by atoms with Gasteiger partial charge in [-0.15, -0.1) is 0 Å². The largest absolute Gasteiger partial charge is 0.478 e. The molecule has 0 aromatic heterocycles. The fourth-order valence-corrected chi connectivity index (χ4v) is 6.11. The minimum absolute atomic E-state index is 0.0381. The molecule has 0 aliphatic carbocycles. The quantitative estimate of drug-likeness (QED) is 0.454. The number of amides is 2. The molecular formula is C11H9I3N2O4. The molecule has 0 saturated heterocycles. The molecule has 0 atom stereocenters. The SMILES string of the molecule is CNC(=O)c1c(I)c(C(=O)O)c(I)c(C(=O)NC)c1I. The molecular weight excluding hydrogens is 605 g/mol. The molecule has 0 fully saturated rings. The molecule has 6 nitrogen and oxygen atoms in total. The van der Waals surface area contributed by atoms with E-state index in [1.165, 1.54) is 14.1 Å². The van der Waals surface area contributed by atoms with E-state index in [2.05, 4.69) is 10.6 Å². The van der Waals surface area contributed by atoms with E-state index in [4.69, 9.17) is 0 Å². The van der Waals surface area contributed by atoms with Crippen LogP contribution < -0.4 is 10.6 Å². The summed E-state index contributed by atoms with van der Waals surface area (Å²) < 4.78 is 1.06. The number of rotatable bonds is 3. The van der Waals surface area contributed by atoms with Crippen LogP contribution in [0.3, 0.4) is 0 Å². The zero-order chi connectivity index (χ0) is 15.6. The summed E-state index contributed by atoms with van der Waals surface area (Å²) in [6.45, 7) is 0. The summed E-state index contributed by atoms with van der Waals surface area (Å²) in [6.07, 6.45) is 0. The second-order valence-corrected chi connectivity index (χ2v) is 6.77. The van der Waals surface area contributed by atoms with Crippen molar-refractivity contribution in [3.05, 3.63) is 27.4 Å². The van der Waals surface area contributed by atoms with Gasteiger partial charge in [0.25, 0.3) is 11.8 Å². The second-order valence-electron chi connectivity index (χ2n) is 3.53. The van der Waals surface area contributed by atoms with E-state index < -0.39 is 17.8 Å². The van der Waals surface area contributed by atoms with E-state index >= 15 is 0 Å². The van der Waals surface area contributed by atoms with Crippen LogP contribution >= 0.6 is 67.8 Å². The first-order valence-corrected chi connectivity index (χ1v) is 8.39. The van der Waals surface area contributed by atoms with Crippen LogP contribution in [-0.2, 0) is 0 Å². The molecule has 2 amide bonds. The van der Waals surface area contributed by atoms with Crippen molar-refractivity contribution >= 4 is 85.6 Å².